The van der Waals surface area contributed by atoms with E-state index in [1.807, 2.05) is 48.8 Å². The Kier molecular flexibility index (Phi) is 7.45. The molecule has 234 valence electrons. The van der Waals surface area contributed by atoms with E-state index in [-0.39, 0.29) is 0 Å². The lowest BCUT2D eigenvalue weighted by Gasteiger charge is -2.18. The van der Waals surface area contributed by atoms with Gasteiger partial charge in [-0.15, -0.1) is 0 Å². The number of hydrogen-bond acceptors (Lipinski definition) is 4. The fraction of sp³-hybridized carbons (Fsp3) is 0. The molecule has 3 heterocycles. The smallest absolute Gasteiger partial charge is 0.160 e. The third kappa shape index (κ3) is 5.39. The summed E-state index contributed by atoms with van der Waals surface area (Å²) >= 11 is 0. The summed E-state index contributed by atoms with van der Waals surface area (Å²) in [7, 11) is 0. The molecule has 6 aromatic carbocycles. The Balaban J connectivity index is 1.22. The first-order valence-corrected chi connectivity index (χ1v) is 16.7. The molecule has 0 amide bonds. The van der Waals surface area contributed by atoms with Crippen LogP contribution in [0.5, 0.6) is 0 Å². The first-order chi connectivity index (χ1) is 24.8. The van der Waals surface area contributed by atoms with Gasteiger partial charge in [0.15, 0.2) is 5.82 Å². The van der Waals surface area contributed by atoms with Gasteiger partial charge in [0.05, 0.1) is 17.1 Å². The normalized spacial score (nSPS) is 11.2. The highest BCUT2D eigenvalue weighted by Gasteiger charge is 2.18. The molecule has 9 aromatic rings. The van der Waals surface area contributed by atoms with E-state index < -0.39 is 0 Å². The van der Waals surface area contributed by atoms with E-state index in [0.29, 0.717) is 5.82 Å². The lowest BCUT2D eigenvalue weighted by Crippen LogP contribution is -1.97. The molecule has 3 aromatic heterocycles. The van der Waals surface area contributed by atoms with Crippen molar-refractivity contribution in [1.82, 2.24) is 19.9 Å². The van der Waals surface area contributed by atoms with Crippen LogP contribution in [0.25, 0.3) is 89.0 Å². The van der Waals surface area contributed by atoms with Gasteiger partial charge in [-0.2, -0.15) is 0 Å². The Labute approximate surface area is 290 Å². The minimum Gasteiger partial charge on any atom is -0.264 e. The van der Waals surface area contributed by atoms with Crippen LogP contribution in [0.4, 0.5) is 0 Å². The van der Waals surface area contributed by atoms with Gasteiger partial charge in [-0.05, 0) is 80.2 Å². The number of nitrogens with zero attached hydrogens (tertiary/aromatic N) is 4. The molecule has 0 aliphatic heterocycles. The van der Waals surface area contributed by atoms with E-state index in [9.17, 15) is 0 Å². The van der Waals surface area contributed by atoms with Crippen molar-refractivity contribution in [1.29, 1.82) is 0 Å². The summed E-state index contributed by atoms with van der Waals surface area (Å²) in [6.45, 7) is 0. The fourth-order valence-electron chi connectivity index (χ4n) is 6.90. The Morgan fingerprint density at radius 1 is 0.320 bits per heavy atom. The third-order valence-corrected chi connectivity index (χ3v) is 9.23. The Bertz CT molecular complexity index is 2560. The Morgan fingerprint density at radius 2 is 0.860 bits per heavy atom. The number of aromatic nitrogens is 4. The van der Waals surface area contributed by atoms with Gasteiger partial charge in [-0.3, -0.25) is 9.97 Å². The molecule has 0 saturated heterocycles. The van der Waals surface area contributed by atoms with Gasteiger partial charge >= 0.3 is 0 Å². The van der Waals surface area contributed by atoms with Crippen molar-refractivity contribution in [2.75, 3.05) is 0 Å². The molecule has 0 saturated carbocycles. The zero-order valence-corrected chi connectivity index (χ0v) is 27.1. The van der Waals surface area contributed by atoms with Crippen molar-refractivity contribution >= 4 is 21.5 Å². The zero-order chi connectivity index (χ0) is 33.3. The van der Waals surface area contributed by atoms with Gasteiger partial charge < -0.3 is 0 Å². The predicted octanol–water partition coefficient (Wildman–Crippen LogP) is 11.6. The molecule has 0 atom stereocenters. The van der Waals surface area contributed by atoms with E-state index >= 15 is 0 Å². The highest BCUT2D eigenvalue weighted by atomic mass is 14.9. The lowest BCUT2D eigenvalue weighted by atomic mass is 9.85. The summed E-state index contributed by atoms with van der Waals surface area (Å²) in [6.07, 6.45) is 5.45. The van der Waals surface area contributed by atoms with Gasteiger partial charge in [0.2, 0.25) is 0 Å². The number of benzene rings is 6. The molecule has 0 bridgehead atoms. The van der Waals surface area contributed by atoms with Gasteiger partial charge in [-0.25, -0.2) is 9.97 Å². The number of pyridine rings is 2. The van der Waals surface area contributed by atoms with Crippen molar-refractivity contribution in [3.63, 3.8) is 0 Å². The molecular weight excluding hydrogens is 609 g/mol. The Morgan fingerprint density at radius 3 is 1.48 bits per heavy atom. The molecule has 4 nitrogen and oxygen atoms in total. The molecule has 50 heavy (non-hydrogen) atoms. The number of fused-ring (bicyclic) bond motifs is 2. The van der Waals surface area contributed by atoms with Crippen LogP contribution in [0.2, 0.25) is 0 Å². The lowest BCUT2D eigenvalue weighted by molar-refractivity contribution is 1.18. The van der Waals surface area contributed by atoms with Crippen LogP contribution in [-0.2, 0) is 0 Å². The summed E-state index contributed by atoms with van der Waals surface area (Å²) in [5.74, 6) is 0.659. The summed E-state index contributed by atoms with van der Waals surface area (Å²) in [6, 6.07) is 57.2. The van der Waals surface area contributed by atoms with Crippen LogP contribution in [0, 0.1) is 0 Å². The van der Waals surface area contributed by atoms with Gasteiger partial charge in [0.1, 0.15) is 0 Å². The monoisotopic (exact) mass is 638 g/mol. The van der Waals surface area contributed by atoms with Crippen molar-refractivity contribution in [3.8, 4) is 67.4 Å². The maximum atomic E-state index is 5.17. The second kappa shape index (κ2) is 12.7. The molecule has 0 aliphatic rings. The van der Waals surface area contributed by atoms with Crippen LogP contribution in [0.3, 0.4) is 0 Å². The second-order valence-electron chi connectivity index (χ2n) is 12.3. The van der Waals surface area contributed by atoms with Crippen LogP contribution in [-0.4, -0.2) is 19.9 Å². The molecule has 9 rings (SSSR count). The summed E-state index contributed by atoms with van der Waals surface area (Å²) in [5.41, 5.74) is 11.3. The zero-order valence-electron chi connectivity index (χ0n) is 27.1. The van der Waals surface area contributed by atoms with Crippen molar-refractivity contribution < 1.29 is 0 Å². The second-order valence-corrected chi connectivity index (χ2v) is 12.3. The minimum absolute atomic E-state index is 0.659. The highest BCUT2D eigenvalue weighted by Crippen LogP contribution is 2.44. The summed E-state index contributed by atoms with van der Waals surface area (Å²) < 4.78 is 0. The molecule has 4 heteroatoms. The van der Waals surface area contributed by atoms with E-state index in [1.54, 1.807) is 6.20 Å². The maximum Gasteiger partial charge on any atom is 0.160 e. The first kappa shape index (κ1) is 29.4. The average molecular weight is 639 g/mol. The maximum absolute atomic E-state index is 5.17. The summed E-state index contributed by atoms with van der Waals surface area (Å²) in [5, 5.41) is 4.87. The fourth-order valence-corrected chi connectivity index (χ4v) is 6.90. The van der Waals surface area contributed by atoms with Gasteiger partial charge in [-0.1, -0.05) is 127 Å². The minimum atomic E-state index is 0.659. The van der Waals surface area contributed by atoms with Crippen LogP contribution in [0.1, 0.15) is 0 Å². The average Bonchev–Trinajstić information content (AvgIpc) is 3.21. The largest absolute Gasteiger partial charge is 0.264 e. The van der Waals surface area contributed by atoms with E-state index in [0.717, 1.165) is 44.9 Å². The van der Waals surface area contributed by atoms with Crippen molar-refractivity contribution in [3.05, 3.63) is 182 Å². The molecule has 0 spiro atoms. The molecule has 0 radical (unpaired) electrons. The molecule has 0 aliphatic carbocycles. The molecule has 0 fully saturated rings. The quantitative estimate of drug-likeness (QED) is 0.170. The van der Waals surface area contributed by atoms with E-state index in [4.69, 9.17) is 9.97 Å². The number of rotatable bonds is 6. The molecule has 0 N–H and O–H groups in total. The topological polar surface area (TPSA) is 51.6 Å². The summed E-state index contributed by atoms with van der Waals surface area (Å²) in [4.78, 5) is 19.2. The third-order valence-electron chi connectivity index (χ3n) is 9.23. The van der Waals surface area contributed by atoms with Gasteiger partial charge in [0.25, 0.3) is 0 Å². The molecule has 0 unspecified atom stereocenters. The van der Waals surface area contributed by atoms with Crippen molar-refractivity contribution in [2.24, 2.45) is 0 Å². The predicted molar refractivity (Wildman–Crippen MR) is 205 cm³/mol. The number of hydrogen-bond donors (Lipinski definition) is 0. The van der Waals surface area contributed by atoms with Gasteiger partial charge in [0, 0.05) is 40.8 Å². The standard InChI is InChI=1S/C46H30N4/c1-2-12-33(13-3-1)44-37-17-4-6-19-39(37)45(40-20-7-5-18-38(40)44)34-14-10-15-35(28-34)46-49-42(29-43(50-46)36-16-11-26-47-30-36)32-24-22-31(23-25-32)41-21-8-9-27-48-41/h1-30H. The highest BCUT2D eigenvalue weighted by molar-refractivity contribution is 6.21. The van der Waals surface area contributed by atoms with E-state index in [1.165, 1.54) is 38.2 Å². The SMILES string of the molecule is c1ccc(-c2c3ccccc3c(-c3cccc(-c4nc(-c5ccc(-c6ccccn6)cc5)cc(-c5cccnc5)n4)c3)c3ccccc23)cc1. The first-order valence-electron chi connectivity index (χ1n) is 16.7. The van der Waals surface area contributed by atoms with Crippen molar-refractivity contribution in [2.45, 2.75) is 0 Å². The van der Waals surface area contributed by atoms with E-state index in [2.05, 4.69) is 137 Å². The van der Waals surface area contributed by atoms with Crippen LogP contribution < -0.4 is 0 Å². The van der Waals surface area contributed by atoms with Crippen LogP contribution in [0.15, 0.2) is 182 Å². The van der Waals surface area contributed by atoms with Crippen LogP contribution >= 0.6 is 0 Å². The molecular formula is C46H30N4. The Hall–Kier alpha value is -6.78.